The average molecular weight is 796 g/mol. The summed E-state index contributed by atoms with van der Waals surface area (Å²) in [6.45, 7) is 4.70. The van der Waals surface area contributed by atoms with Gasteiger partial charge in [-0.15, -0.1) is 0 Å². The standard InChI is InChI=1S/C43H57N9O6/c1-4-27-7-5-9-38-35(27)18-31(48-38)21-46-42(56)52(33-8-6-14-49(23-33)40(54)44-2)39-19-36(39)28-10-13-37-29(16-28)17-30(47-37)20-45-41(55)51(32-11-12-32)34-15-26(25-53)22-50(24-34)43(57)58-3/h5,7,9-10,13,16-18,26,32-34,36,39,47-48,53H,4,6,8,11-12,14-15,19-25H2,1-3H3,(H,44,54)(H,45,55)(H,46,56)/t26-,33+,34+,36?,39?/m0/s1. The van der Waals surface area contributed by atoms with Crippen LogP contribution in [-0.2, 0) is 24.2 Å². The first-order valence-electron chi connectivity index (χ1n) is 20.9. The van der Waals surface area contributed by atoms with Crippen molar-refractivity contribution < 1.29 is 29.0 Å². The van der Waals surface area contributed by atoms with E-state index in [-0.39, 0.29) is 60.7 Å². The number of ether oxygens (including phenoxy) is 1. The van der Waals surface area contributed by atoms with Gasteiger partial charge in [-0.3, -0.25) is 0 Å². The maximum atomic E-state index is 14.2. The molecule has 2 saturated carbocycles. The summed E-state index contributed by atoms with van der Waals surface area (Å²) in [6, 6.07) is 16.2. The summed E-state index contributed by atoms with van der Waals surface area (Å²) in [6.07, 6.45) is 5.42. The van der Waals surface area contributed by atoms with Crippen LogP contribution in [0.15, 0.2) is 48.5 Å². The molecule has 58 heavy (non-hydrogen) atoms. The van der Waals surface area contributed by atoms with Gasteiger partial charge in [-0.1, -0.05) is 25.1 Å². The largest absolute Gasteiger partial charge is 0.453 e. The molecule has 2 aliphatic carbocycles. The molecule has 4 aromatic rings. The number of nitrogens with zero attached hydrogens (tertiary/aromatic N) is 4. The fraction of sp³-hybridized carbons (Fsp3) is 0.535. The van der Waals surface area contributed by atoms with E-state index in [2.05, 4.69) is 81.4 Å². The second-order valence-corrected chi connectivity index (χ2v) is 16.6. The monoisotopic (exact) mass is 795 g/mol. The first-order valence-corrected chi connectivity index (χ1v) is 20.9. The van der Waals surface area contributed by atoms with Crippen molar-refractivity contribution in [2.75, 3.05) is 46.9 Å². The minimum Gasteiger partial charge on any atom is -0.453 e. The van der Waals surface area contributed by atoms with Crippen LogP contribution in [0, 0.1) is 5.92 Å². The number of carbonyl (C=O) groups excluding carboxylic acids is 4. The van der Waals surface area contributed by atoms with Gasteiger partial charge in [-0.2, -0.15) is 0 Å². The number of urea groups is 3. The molecule has 8 rings (SSSR count). The van der Waals surface area contributed by atoms with Gasteiger partial charge >= 0.3 is 24.2 Å². The highest BCUT2D eigenvalue weighted by molar-refractivity contribution is 5.85. The highest BCUT2D eigenvalue weighted by Crippen LogP contribution is 2.47. The third-order valence-corrected chi connectivity index (χ3v) is 12.6. The third-order valence-electron chi connectivity index (χ3n) is 12.6. The molecule has 2 saturated heterocycles. The molecule has 2 aromatic heterocycles. The van der Waals surface area contributed by atoms with Crippen LogP contribution in [-0.4, -0.2) is 130 Å². The Morgan fingerprint density at radius 2 is 1.59 bits per heavy atom. The first-order chi connectivity index (χ1) is 28.2. The Morgan fingerprint density at radius 3 is 2.31 bits per heavy atom. The van der Waals surface area contributed by atoms with Gasteiger partial charge < -0.3 is 55.4 Å². The van der Waals surface area contributed by atoms with Gasteiger partial charge in [0.1, 0.15) is 0 Å². The van der Waals surface area contributed by atoms with Crippen LogP contribution in [0.25, 0.3) is 21.8 Å². The van der Waals surface area contributed by atoms with E-state index in [4.69, 9.17) is 4.74 Å². The van der Waals surface area contributed by atoms with Crippen molar-refractivity contribution >= 4 is 46.0 Å². The molecule has 310 valence electrons. The van der Waals surface area contributed by atoms with Gasteiger partial charge in [0.05, 0.1) is 32.3 Å². The molecule has 15 heteroatoms. The van der Waals surface area contributed by atoms with Gasteiger partial charge in [0.15, 0.2) is 0 Å². The van der Waals surface area contributed by atoms with Crippen molar-refractivity contribution in [3.05, 3.63) is 71.0 Å². The quantitative estimate of drug-likeness (QED) is 0.121. The van der Waals surface area contributed by atoms with E-state index in [1.54, 1.807) is 11.9 Å². The molecule has 15 nitrogen and oxygen atoms in total. The second kappa shape index (κ2) is 16.8. The number of benzene rings is 2. The number of methoxy groups -OCH3 is 1. The summed E-state index contributed by atoms with van der Waals surface area (Å²) in [7, 11) is 2.99. The Hall–Kier alpha value is -5.44. The molecule has 2 aromatic carbocycles. The van der Waals surface area contributed by atoms with Crippen LogP contribution in [0.5, 0.6) is 0 Å². The maximum absolute atomic E-state index is 14.2. The SMILES string of the molecule is CCc1cccc2[nH]c(CNC(=O)N(C3CC3c3ccc4[nH]c(CNC(=O)N(C5CC5)[C@@H]5C[C@H](CO)CN(C(=O)OC)C5)cc4c3)[C@@H]3CCCN(C(=O)NC)C3)cc12. The smallest absolute Gasteiger partial charge is 0.409 e. The Balaban J connectivity index is 0.945. The van der Waals surface area contributed by atoms with Crippen LogP contribution < -0.4 is 16.0 Å². The van der Waals surface area contributed by atoms with Gasteiger partial charge in [-0.25, -0.2) is 19.2 Å². The number of rotatable bonds is 11. The number of hydrogen-bond donors (Lipinski definition) is 6. The van der Waals surface area contributed by atoms with E-state index in [1.165, 1.54) is 18.1 Å². The van der Waals surface area contributed by atoms with Crippen LogP contribution in [0.1, 0.15) is 73.9 Å². The third kappa shape index (κ3) is 8.27. The minimum atomic E-state index is -0.446. The summed E-state index contributed by atoms with van der Waals surface area (Å²) in [5.41, 5.74) is 6.26. The van der Waals surface area contributed by atoms with E-state index in [1.807, 2.05) is 14.7 Å². The molecule has 0 bridgehead atoms. The number of aromatic nitrogens is 2. The van der Waals surface area contributed by atoms with Gasteiger partial charge in [-0.05, 0) is 91.8 Å². The lowest BCUT2D eigenvalue weighted by atomic mass is 9.94. The van der Waals surface area contributed by atoms with Crippen LogP contribution in [0.4, 0.5) is 19.2 Å². The van der Waals surface area contributed by atoms with E-state index in [9.17, 15) is 24.3 Å². The lowest BCUT2D eigenvalue weighted by molar-refractivity contribution is 0.0464. The molecule has 0 radical (unpaired) electrons. The fourth-order valence-corrected chi connectivity index (χ4v) is 9.47. The number of aromatic amines is 2. The van der Waals surface area contributed by atoms with Crippen molar-refractivity contribution in [3.63, 3.8) is 0 Å². The fourth-order valence-electron chi connectivity index (χ4n) is 9.47. The van der Waals surface area contributed by atoms with Crippen molar-refractivity contribution in [1.82, 2.24) is 45.5 Å². The first kappa shape index (κ1) is 39.4. The Morgan fingerprint density at radius 1 is 0.845 bits per heavy atom. The van der Waals surface area contributed by atoms with Crippen molar-refractivity contribution in [2.45, 2.75) is 95.0 Å². The summed E-state index contributed by atoms with van der Waals surface area (Å²) < 4.78 is 4.97. The zero-order chi connectivity index (χ0) is 40.5. The molecule has 6 N–H and O–H groups in total. The highest BCUT2D eigenvalue weighted by atomic mass is 16.5. The van der Waals surface area contributed by atoms with Crippen LogP contribution >= 0.6 is 0 Å². The zero-order valence-electron chi connectivity index (χ0n) is 33.8. The number of aliphatic hydroxyl groups excluding tert-OH is 1. The summed E-state index contributed by atoms with van der Waals surface area (Å²) >= 11 is 0. The molecule has 2 unspecified atom stereocenters. The molecule has 5 atom stereocenters. The number of aliphatic hydroxyl groups is 1. The topological polar surface area (TPSA) is 178 Å². The van der Waals surface area contributed by atoms with Crippen LogP contribution in [0.2, 0.25) is 0 Å². The summed E-state index contributed by atoms with van der Waals surface area (Å²) in [4.78, 5) is 67.2. The number of fused-ring (bicyclic) bond motifs is 2. The highest BCUT2D eigenvalue weighted by Gasteiger charge is 2.48. The average Bonchev–Trinajstić information content (AvgIpc) is 4.16. The molecule has 2 aliphatic heterocycles. The van der Waals surface area contributed by atoms with Gasteiger partial charge in [0, 0.05) is 91.6 Å². The molecular weight excluding hydrogens is 739 g/mol. The van der Waals surface area contributed by atoms with Gasteiger partial charge in [0.2, 0.25) is 0 Å². The lowest BCUT2D eigenvalue weighted by Crippen LogP contribution is -2.57. The predicted octanol–water partition coefficient (Wildman–Crippen LogP) is 5.21. The van der Waals surface area contributed by atoms with Crippen molar-refractivity contribution in [2.24, 2.45) is 5.92 Å². The van der Waals surface area contributed by atoms with Crippen molar-refractivity contribution in [3.8, 4) is 0 Å². The van der Waals surface area contributed by atoms with E-state index in [0.29, 0.717) is 45.7 Å². The Kier molecular flexibility index (Phi) is 11.4. The maximum Gasteiger partial charge on any atom is 0.409 e. The number of aryl methyl sites for hydroxylation is 1. The zero-order valence-corrected chi connectivity index (χ0v) is 33.8. The number of amides is 7. The normalized spacial score (nSPS) is 23.1. The van der Waals surface area contributed by atoms with E-state index < -0.39 is 6.09 Å². The molecule has 4 fully saturated rings. The predicted molar refractivity (Wildman–Crippen MR) is 220 cm³/mol. The lowest BCUT2D eigenvalue weighted by Gasteiger charge is -2.41. The molecular formula is C43H57N9O6. The number of likely N-dealkylation sites (tertiary alicyclic amines) is 2. The van der Waals surface area contributed by atoms with Gasteiger partial charge in [0.25, 0.3) is 0 Å². The molecule has 4 heterocycles. The summed E-state index contributed by atoms with van der Waals surface area (Å²) in [5.74, 6) is 0.0282. The molecule has 4 aliphatic rings. The number of H-pyrrole nitrogens is 2. The van der Waals surface area contributed by atoms with Crippen LogP contribution in [0.3, 0.4) is 0 Å². The minimum absolute atomic E-state index is 0.00655. The van der Waals surface area contributed by atoms with E-state index in [0.717, 1.165) is 71.9 Å². The summed E-state index contributed by atoms with van der Waals surface area (Å²) in [5, 5.41) is 21.2. The number of hydrogen-bond acceptors (Lipinski definition) is 6. The number of nitrogens with one attached hydrogen (secondary N) is 5. The second-order valence-electron chi connectivity index (χ2n) is 16.6. The number of carbonyl (C=O) groups is 4. The number of piperidine rings is 2. The Labute approximate surface area is 338 Å². The molecule has 0 spiro atoms. The van der Waals surface area contributed by atoms with Crippen molar-refractivity contribution in [1.29, 1.82) is 0 Å². The Bertz CT molecular complexity index is 2150. The molecule has 7 amide bonds. The van der Waals surface area contributed by atoms with E-state index >= 15 is 0 Å².